The summed E-state index contributed by atoms with van der Waals surface area (Å²) in [5, 5.41) is 19.1. The first-order valence-electron chi connectivity index (χ1n) is 6.02. The van der Waals surface area contributed by atoms with Crippen molar-refractivity contribution in [3.8, 4) is 11.5 Å². The Morgan fingerprint density at radius 1 is 1.45 bits per heavy atom. The van der Waals surface area contributed by atoms with Gasteiger partial charge in [-0.15, -0.1) is 10.2 Å². The first-order valence-corrected chi connectivity index (χ1v) is 6.02. The van der Waals surface area contributed by atoms with E-state index in [9.17, 15) is 4.79 Å². The molecule has 7 heteroatoms. The monoisotopic (exact) mass is 277 g/mol. The molecule has 2 rings (SSSR count). The second-order valence-electron chi connectivity index (χ2n) is 4.13. The van der Waals surface area contributed by atoms with Crippen molar-refractivity contribution in [1.29, 1.82) is 0 Å². The number of nitrogens with zero attached hydrogens (tertiary/aromatic N) is 2. The van der Waals surface area contributed by atoms with Crippen molar-refractivity contribution in [2.45, 2.75) is 6.04 Å². The third-order valence-electron chi connectivity index (χ3n) is 2.68. The van der Waals surface area contributed by atoms with Crippen LogP contribution < -0.4 is 5.32 Å². The first-order chi connectivity index (χ1) is 9.74. The van der Waals surface area contributed by atoms with Gasteiger partial charge in [-0.2, -0.15) is 0 Å². The zero-order valence-electron chi connectivity index (χ0n) is 10.9. The van der Waals surface area contributed by atoms with Crippen LogP contribution >= 0.6 is 0 Å². The van der Waals surface area contributed by atoms with Gasteiger partial charge in [0.15, 0.2) is 0 Å². The lowest BCUT2D eigenvalue weighted by molar-refractivity contribution is 0.0839. The van der Waals surface area contributed by atoms with Crippen LogP contribution in [0.25, 0.3) is 11.5 Å². The van der Waals surface area contributed by atoms with Gasteiger partial charge in [-0.1, -0.05) is 0 Å². The van der Waals surface area contributed by atoms with Crippen LogP contribution in [-0.4, -0.2) is 47.6 Å². The Balaban J connectivity index is 2.04. The summed E-state index contributed by atoms with van der Waals surface area (Å²) in [7, 11) is 1.51. The fourth-order valence-corrected chi connectivity index (χ4v) is 1.67. The van der Waals surface area contributed by atoms with Crippen LogP contribution in [0.4, 0.5) is 0 Å². The van der Waals surface area contributed by atoms with E-state index in [4.69, 9.17) is 14.3 Å². The van der Waals surface area contributed by atoms with Crippen molar-refractivity contribution in [2.75, 3.05) is 20.3 Å². The number of carbonyl (C=O) groups is 1. The average Bonchev–Trinajstić information content (AvgIpc) is 3.01. The number of hydrogen-bond acceptors (Lipinski definition) is 6. The lowest BCUT2D eigenvalue weighted by Crippen LogP contribution is -2.40. The number of methoxy groups -OCH3 is 1. The van der Waals surface area contributed by atoms with E-state index >= 15 is 0 Å². The van der Waals surface area contributed by atoms with E-state index in [-0.39, 0.29) is 19.1 Å². The van der Waals surface area contributed by atoms with Crippen LogP contribution in [-0.2, 0) is 4.74 Å². The second-order valence-corrected chi connectivity index (χ2v) is 4.13. The minimum Gasteiger partial charge on any atom is -0.423 e. The highest BCUT2D eigenvalue weighted by Crippen LogP contribution is 2.16. The number of aliphatic hydroxyl groups is 1. The van der Waals surface area contributed by atoms with Crippen LogP contribution in [0.1, 0.15) is 10.4 Å². The van der Waals surface area contributed by atoms with Gasteiger partial charge in [0.1, 0.15) is 0 Å². The second kappa shape index (κ2) is 6.78. The molecule has 0 fully saturated rings. The number of nitrogens with one attached hydrogen (secondary N) is 1. The molecule has 20 heavy (non-hydrogen) atoms. The molecular weight excluding hydrogens is 262 g/mol. The smallest absolute Gasteiger partial charge is 0.251 e. The number of benzene rings is 1. The van der Waals surface area contributed by atoms with Gasteiger partial charge in [-0.05, 0) is 24.3 Å². The molecule has 106 valence electrons. The summed E-state index contributed by atoms with van der Waals surface area (Å²) < 4.78 is 9.96. The quantitative estimate of drug-likeness (QED) is 0.796. The van der Waals surface area contributed by atoms with Gasteiger partial charge in [0, 0.05) is 18.2 Å². The molecule has 0 aliphatic heterocycles. The van der Waals surface area contributed by atoms with E-state index < -0.39 is 6.04 Å². The molecule has 0 spiro atoms. The predicted molar refractivity (Wildman–Crippen MR) is 70.0 cm³/mol. The summed E-state index contributed by atoms with van der Waals surface area (Å²) in [6.45, 7) is 0.0714. The number of hydrogen-bond donors (Lipinski definition) is 2. The van der Waals surface area contributed by atoms with Crippen molar-refractivity contribution < 1.29 is 19.1 Å². The summed E-state index contributed by atoms with van der Waals surface area (Å²) in [6.07, 6.45) is 1.24. The van der Waals surface area contributed by atoms with Crippen LogP contribution in [0.3, 0.4) is 0 Å². The van der Waals surface area contributed by atoms with Gasteiger partial charge in [0.2, 0.25) is 12.3 Å². The van der Waals surface area contributed by atoms with Crippen molar-refractivity contribution in [3.63, 3.8) is 0 Å². The van der Waals surface area contributed by atoms with Crippen LogP contribution in [0.2, 0.25) is 0 Å². The number of aromatic nitrogens is 2. The van der Waals surface area contributed by atoms with E-state index in [1.165, 1.54) is 13.5 Å². The third kappa shape index (κ3) is 3.40. The maximum absolute atomic E-state index is 12.0. The molecule has 7 nitrogen and oxygen atoms in total. The van der Waals surface area contributed by atoms with Gasteiger partial charge in [-0.25, -0.2) is 0 Å². The molecule has 0 radical (unpaired) electrons. The highest BCUT2D eigenvalue weighted by molar-refractivity contribution is 5.94. The summed E-state index contributed by atoms with van der Waals surface area (Å²) in [5.74, 6) is 0.114. The van der Waals surface area contributed by atoms with Gasteiger partial charge in [0.05, 0.1) is 19.3 Å². The highest BCUT2D eigenvalue weighted by atomic mass is 16.5. The number of rotatable bonds is 6. The minimum absolute atomic E-state index is 0.181. The van der Waals surface area contributed by atoms with E-state index in [2.05, 4.69) is 15.5 Å². The molecule has 2 aromatic rings. The third-order valence-corrected chi connectivity index (χ3v) is 2.68. The zero-order valence-corrected chi connectivity index (χ0v) is 10.9. The lowest BCUT2D eigenvalue weighted by Gasteiger charge is -2.15. The molecule has 1 unspecified atom stereocenters. The van der Waals surface area contributed by atoms with E-state index in [0.29, 0.717) is 11.5 Å². The Bertz CT molecular complexity index is 539. The Morgan fingerprint density at radius 2 is 2.20 bits per heavy atom. The SMILES string of the molecule is COCC(CO)NC(=O)c1ccc(-c2nnco2)cc1. The largest absolute Gasteiger partial charge is 0.423 e. The number of ether oxygens (including phenoxy) is 1. The molecule has 1 aromatic carbocycles. The van der Waals surface area contributed by atoms with Crippen LogP contribution in [0.15, 0.2) is 35.1 Å². The van der Waals surface area contributed by atoms with Crippen molar-refractivity contribution in [2.24, 2.45) is 0 Å². The molecule has 0 saturated carbocycles. The molecule has 2 N–H and O–H groups in total. The topological polar surface area (TPSA) is 97.5 Å². The van der Waals surface area contributed by atoms with Gasteiger partial charge in [0.25, 0.3) is 5.91 Å². The Hall–Kier alpha value is -2.25. The van der Waals surface area contributed by atoms with Crippen molar-refractivity contribution in [3.05, 3.63) is 36.2 Å². The van der Waals surface area contributed by atoms with Crippen LogP contribution in [0, 0.1) is 0 Å². The molecule has 0 aliphatic rings. The number of aliphatic hydroxyl groups excluding tert-OH is 1. The molecule has 1 heterocycles. The Labute approximate surface area is 115 Å². The fourth-order valence-electron chi connectivity index (χ4n) is 1.67. The van der Waals surface area contributed by atoms with E-state index in [0.717, 1.165) is 5.56 Å². The molecular formula is C13H15N3O4. The van der Waals surface area contributed by atoms with Gasteiger partial charge in [-0.3, -0.25) is 4.79 Å². The van der Waals surface area contributed by atoms with Crippen LogP contribution in [0.5, 0.6) is 0 Å². The maximum atomic E-state index is 12.0. The molecule has 0 bridgehead atoms. The summed E-state index contributed by atoms with van der Waals surface area (Å²) >= 11 is 0. The van der Waals surface area contributed by atoms with Crippen molar-refractivity contribution >= 4 is 5.91 Å². The zero-order chi connectivity index (χ0) is 14.4. The Morgan fingerprint density at radius 3 is 2.75 bits per heavy atom. The molecule has 1 aromatic heterocycles. The standard InChI is InChI=1S/C13H15N3O4/c1-19-7-11(6-17)15-12(18)9-2-4-10(5-3-9)13-16-14-8-20-13/h2-5,8,11,17H,6-7H2,1H3,(H,15,18). The Kier molecular flexibility index (Phi) is 4.80. The number of carbonyl (C=O) groups excluding carboxylic acids is 1. The average molecular weight is 277 g/mol. The summed E-state index contributed by atoms with van der Waals surface area (Å²) in [4.78, 5) is 12.0. The number of amides is 1. The predicted octanol–water partition coefficient (Wildman–Crippen LogP) is 0.474. The van der Waals surface area contributed by atoms with E-state index in [1.807, 2.05) is 0 Å². The summed E-state index contributed by atoms with van der Waals surface area (Å²) in [6, 6.07) is 6.30. The normalized spacial score (nSPS) is 12.1. The van der Waals surface area contributed by atoms with E-state index in [1.54, 1.807) is 24.3 Å². The molecule has 1 atom stereocenters. The first kappa shape index (κ1) is 14.2. The van der Waals surface area contributed by atoms with Gasteiger partial charge < -0.3 is 19.6 Å². The molecule has 0 saturated heterocycles. The molecule has 1 amide bonds. The minimum atomic E-state index is -0.428. The fraction of sp³-hybridized carbons (Fsp3) is 0.308. The summed E-state index contributed by atoms with van der Waals surface area (Å²) in [5.41, 5.74) is 1.21. The lowest BCUT2D eigenvalue weighted by atomic mass is 10.1. The highest BCUT2D eigenvalue weighted by Gasteiger charge is 2.13. The van der Waals surface area contributed by atoms with Gasteiger partial charge >= 0.3 is 0 Å². The maximum Gasteiger partial charge on any atom is 0.251 e. The molecule has 0 aliphatic carbocycles. The van der Waals surface area contributed by atoms with Crippen molar-refractivity contribution in [1.82, 2.24) is 15.5 Å².